The molecule has 0 heterocycles. The summed E-state index contributed by atoms with van der Waals surface area (Å²) in [4.78, 5) is 0.180. The van der Waals surface area contributed by atoms with Crippen LogP contribution in [0.4, 0.5) is 37.7 Å². The molecule has 0 saturated heterocycles. The molecule has 0 unspecified atom stereocenters. The summed E-state index contributed by atoms with van der Waals surface area (Å²) in [6, 6.07) is 7.29. The van der Waals surface area contributed by atoms with Crippen LogP contribution in [0.3, 0.4) is 0 Å². The fraction of sp³-hybridized carbons (Fsp3) is 0.333. The van der Waals surface area contributed by atoms with Gasteiger partial charge >= 0.3 is 12.4 Å². The van der Waals surface area contributed by atoms with E-state index >= 15 is 0 Å². The summed E-state index contributed by atoms with van der Waals surface area (Å²) in [5.41, 5.74) is 9.38. The molecule has 0 fully saturated rings. The number of hydrogen-bond donors (Lipinski definition) is 2. The second kappa shape index (κ2) is 9.21. The number of nitrogens with two attached hydrogens (primary N) is 2. The van der Waals surface area contributed by atoms with Gasteiger partial charge < -0.3 is 11.5 Å². The summed E-state index contributed by atoms with van der Waals surface area (Å²) in [6.07, 6.45) is -7.85. The van der Waals surface area contributed by atoms with Gasteiger partial charge in [0.1, 0.15) is 0 Å². The van der Waals surface area contributed by atoms with Gasteiger partial charge in [-0.15, -0.1) is 23.5 Å². The third-order valence-electron chi connectivity index (χ3n) is 3.67. The Morgan fingerprint density at radius 2 is 1.00 bits per heavy atom. The topological polar surface area (TPSA) is 52.0 Å². The van der Waals surface area contributed by atoms with Crippen molar-refractivity contribution in [2.75, 3.05) is 23.0 Å². The van der Waals surface area contributed by atoms with Crippen LogP contribution in [-0.4, -0.2) is 11.5 Å². The van der Waals surface area contributed by atoms with Crippen molar-refractivity contribution < 1.29 is 26.3 Å². The molecule has 2 aromatic carbocycles. The van der Waals surface area contributed by atoms with Crippen molar-refractivity contribution >= 4 is 34.9 Å². The van der Waals surface area contributed by atoms with Crippen molar-refractivity contribution in [1.82, 2.24) is 0 Å². The van der Waals surface area contributed by atoms with Gasteiger partial charge in [0, 0.05) is 21.2 Å². The monoisotopic (exact) mass is 440 g/mol. The number of hydrogen-bond acceptors (Lipinski definition) is 4. The molecule has 0 aliphatic carbocycles. The lowest BCUT2D eigenvalue weighted by Gasteiger charge is -2.14. The number of halogens is 6. The molecular formula is C18H18F6N2S2. The molecule has 0 spiro atoms. The predicted molar refractivity (Wildman–Crippen MR) is 102 cm³/mol. The molecule has 0 bridgehead atoms. The summed E-state index contributed by atoms with van der Waals surface area (Å²) >= 11 is 2.11. The molecule has 154 valence electrons. The first-order valence-electron chi connectivity index (χ1n) is 8.17. The average Bonchev–Trinajstić information content (AvgIpc) is 2.58. The number of nitrogen functional groups attached to an aromatic ring is 2. The molecule has 0 atom stereocenters. The van der Waals surface area contributed by atoms with E-state index in [9.17, 15) is 26.3 Å². The first-order valence-corrected chi connectivity index (χ1v) is 10.1. The first-order chi connectivity index (χ1) is 13.0. The van der Waals surface area contributed by atoms with Gasteiger partial charge in [0.15, 0.2) is 0 Å². The Kier molecular flexibility index (Phi) is 7.44. The van der Waals surface area contributed by atoms with E-state index in [4.69, 9.17) is 11.5 Å². The molecule has 10 heteroatoms. The van der Waals surface area contributed by atoms with Crippen LogP contribution in [0.25, 0.3) is 0 Å². The van der Waals surface area contributed by atoms with E-state index in [0.717, 1.165) is 35.7 Å². The van der Waals surface area contributed by atoms with Gasteiger partial charge in [-0.1, -0.05) is 0 Å². The minimum atomic E-state index is -4.49. The Morgan fingerprint density at radius 1 is 0.643 bits per heavy atom. The second-order valence-corrected chi connectivity index (χ2v) is 8.18. The first kappa shape index (κ1) is 22.6. The lowest BCUT2D eigenvalue weighted by molar-refractivity contribution is -0.140. The average molecular weight is 440 g/mol. The molecule has 2 rings (SSSR count). The molecular weight excluding hydrogens is 422 g/mol. The van der Waals surface area contributed by atoms with Gasteiger partial charge in [0.05, 0.1) is 11.1 Å². The number of thioether (sulfide) groups is 2. The van der Waals surface area contributed by atoms with E-state index in [1.807, 2.05) is 0 Å². The van der Waals surface area contributed by atoms with Crippen molar-refractivity contribution in [2.45, 2.75) is 35.0 Å². The highest BCUT2D eigenvalue weighted by Crippen LogP contribution is 2.39. The quantitative estimate of drug-likeness (QED) is 0.222. The highest BCUT2D eigenvalue weighted by molar-refractivity contribution is 7.99. The highest BCUT2D eigenvalue weighted by atomic mass is 32.2. The zero-order chi connectivity index (χ0) is 20.9. The van der Waals surface area contributed by atoms with Crippen LogP contribution < -0.4 is 11.5 Å². The summed E-state index contributed by atoms with van der Waals surface area (Å²) in [5, 5.41) is 0. The summed E-state index contributed by atoms with van der Waals surface area (Å²) in [5.74, 6) is 0.836. The molecule has 0 aliphatic rings. The summed E-state index contributed by atoms with van der Waals surface area (Å²) < 4.78 is 78.2. The molecule has 0 aromatic heterocycles. The smallest absolute Gasteiger partial charge is 0.399 e. The van der Waals surface area contributed by atoms with E-state index in [-0.39, 0.29) is 21.2 Å². The van der Waals surface area contributed by atoms with Crippen LogP contribution in [-0.2, 0) is 12.4 Å². The molecule has 0 radical (unpaired) electrons. The Labute approximate surface area is 167 Å². The molecule has 0 saturated carbocycles. The van der Waals surface area contributed by atoms with Crippen LogP contribution in [0.2, 0.25) is 0 Å². The predicted octanol–water partition coefficient (Wildman–Crippen LogP) is 6.55. The largest absolute Gasteiger partial charge is 0.417 e. The van der Waals surface area contributed by atoms with Crippen LogP contribution in [0.1, 0.15) is 24.0 Å². The molecule has 2 nitrogen and oxygen atoms in total. The van der Waals surface area contributed by atoms with Gasteiger partial charge in [0.2, 0.25) is 0 Å². The third kappa shape index (κ3) is 6.44. The lowest BCUT2D eigenvalue weighted by atomic mass is 10.2. The van der Waals surface area contributed by atoms with Crippen molar-refractivity contribution in [3.63, 3.8) is 0 Å². The SMILES string of the molecule is Nc1ccc(SCCCCSc2ccc(N)cc2C(F)(F)F)c(C(F)(F)F)c1. The zero-order valence-electron chi connectivity index (χ0n) is 14.5. The van der Waals surface area contributed by atoms with Crippen molar-refractivity contribution in [2.24, 2.45) is 0 Å². The number of alkyl halides is 6. The van der Waals surface area contributed by atoms with Gasteiger partial charge in [-0.05, 0) is 60.7 Å². The van der Waals surface area contributed by atoms with E-state index in [1.54, 1.807) is 0 Å². The molecule has 0 amide bonds. The van der Waals surface area contributed by atoms with Gasteiger partial charge in [0.25, 0.3) is 0 Å². The number of benzene rings is 2. The minimum absolute atomic E-state index is 0.0389. The Bertz CT molecular complexity index is 738. The Balaban J connectivity index is 1.86. The van der Waals surface area contributed by atoms with Crippen LogP contribution in [0.5, 0.6) is 0 Å². The fourth-order valence-corrected chi connectivity index (χ4v) is 4.48. The van der Waals surface area contributed by atoms with E-state index in [1.165, 1.54) is 24.3 Å². The van der Waals surface area contributed by atoms with Crippen LogP contribution in [0.15, 0.2) is 46.2 Å². The normalized spacial score (nSPS) is 12.4. The number of rotatable bonds is 7. The van der Waals surface area contributed by atoms with Gasteiger partial charge in [-0.2, -0.15) is 26.3 Å². The zero-order valence-corrected chi connectivity index (χ0v) is 16.2. The van der Waals surface area contributed by atoms with Gasteiger partial charge in [-0.25, -0.2) is 0 Å². The van der Waals surface area contributed by atoms with Crippen molar-refractivity contribution in [3.8, 4) is 0 Å². The van der Waals surface area contributed by atoms with Crippen molar-refractivity contribution in [3.05, 3.63) is 47.5 Å². The standard InChI is InChI=1S/C18H18F6N2S2/c19-17(20,21)13-9-11(25)3-5-15(13)27-7-1-2-8-28-16-6-4-12(26)10-14(16)18(22,23)24/h3-6,9-10H,1-2,7-8,25-26H2. The van der Waals surface area contributed by atoms with E-state index in [0.29, 0.717) is 24.3 Å². The maximum absolute atomic E-state index is 13.0. The third-order valence-corrected chi connectivity index (χ3v) is 5.99. The van der Waals surface area contributed by atoms with Crippen LogP contribution >= 0.6 is 23.5 Å². The maximum Gasteiger partial charge on any atom is 0.417 e. The van der Waals surface area contributed by atoms with Gasteiger partial charge in [-0.3, -0.25) is 0 Å². The molecule has 0 aliphatic heterocycles. The Hall–Kier alpha value is -1.68. The Morgan fingerprint density at radius 3 is 1.32 bits per heavy atom. The summed E-state index contributed by atoms with van der Waals surface area (Å²) in [6.45, 7) is 0. The number of unbranched alkanes of at least 4 members (excludes halogenated alkanes) is 1. The van der Waals surface area contributed by atoms with Crippen molar-refractivity contribution in [1.29, 1.82) is 0 Å². The highest BCUT2D eigenvalue weighted by Gasteiger charge is 2.34. The maximum atomic E-state index is 13.0. The van der Waals surface area contributed by atoms with E-state index < -0.39 is 23.5 Å². The molecule has 28 heavy (non-hydrogen) atoms. The number of anilines is 2. The van der Waals surface area contributed by atoms with Crippen LogP contribution in [0, 0.1) is 0 Å². The lowest BCUT2D eigenvalue weighted by Crippen LogP contribution is -2.08. The fourth-order valence-electron chi connectivity index (χ4n) is 2.36. The second-order valence-electron chi connectivity index (χ2n) is 5.91. The minimum Gasteiger partial charge on any atom is -0.399 e. The summed E-state index contributed by atoms with van der Waals surface area (Å²) in [7, 11) is 0. The van der Waals surface area contributed by atoms with E-state index in [2.05, 4.69) is 0 Å². The molecule has 4 N–H and O–H groups in total. The molecule has 2 aromatic rings.